The summed E-state index contributed by atoms with van der Waals surface area (Å²) in [6.07, 6.45) is -4.84. The molecule has 4 N–H and O–H groups in total. The molecule has 5 amide bonds. The molecule has 0 bridgehead atoms. The first-order valence-corrected chi connectivity index (χ1v) is 18.5. The molecule has 0 aromatic heterocycles. The van der Waals surface area contributed by atoms with Gasteiger partial charge in [-0.05, 0) is 70.7 Å². The third-order valence-electron chi connectivity index (χ3n) is 9.95. The number of alkyl halides is 3. The van der Waals surface area contributed by atoms with Crippen molar-refractivity contribution in [1.29, 1.82) is 0 Å². The van der Waals surface area contributed by atoms with E-state index in [4.69, 9.17) is 0 Å². The molecule has 0 aliphatic carbocycles. The van der Waals surface area contributed by atoms with Gasteiger partial charge in [0.25, 0.3) is 15.9 Å². The fourth-order valence-corrected chi connectivity index (χ4v) is 6.63. The van der Waals surface area contributed by atoms with Crippen LogP contribution in [0, 0.1) is 11.3 Å². The third kappa shape index (κ3) is 10.6. The molecule has 0 aliphatic rings. The molecular weight excluding hydrogens is 731 g/mol. The van der Waals surface area contributed by atoms with Crippen molar-refractivity contribution < 1.29 is 50.7 Å². The number of hydrogen-bond donors (Lipinski definition) is 4. The van der Waals surface area contributed by atoms with Gasteiger partial charge in [-0.3, -0.25) is 19.2 Å². The lowest BCUT2D eigenvalue weighted by Gasteiger charge is -2.42. The molecule has 0 aliphatic heterocycles. The summed E-state index contributed by atoms with van der Waals surface area (Å²) in [5, 5.41) is 14.3. The molecule has 0 saturated heterocycles. The Kier molecular flexibility index (Phi) is 14.6. The van der Waals surface area contributed by atoms with Crippen LogP contribution in [-0.2, 0) is 41.2 Å². The Labute approximate surface area is 314 Å². The first-order chi connectivity index (χ1) is 24.7. The number of rotatable bonds is 15. The first-order valence-electron chi connectivity index (χ1n) is 17.0. The number of nitrogens with one attached hydrogen (secondary N) is 3. The average molecular weight is 782 g/mol. The van der Waals surface area contributed by atoms with E-state index in [2.05, 4.69) is 5.32 Å². The minimum atomic E-state index is -5.07. The van der Waals surface area contributed by atoms with Crippen molar-refractivity contribution in [2.75, 3.05) is 14.1 Å². The van der Waals surface area contributed by atoms with Gasteiger partial charge >= 0.3 is 18.2 Å². The molecule has 0 heterocycles. The highest BCUT2D eigenvalue weighted by atomic mass is 32.2. The molecule has 2 aromatic carbocycles. The van der Waals surface area contributed by atoms with Crippen LogP contribution in [0.5, 0.6) is 0 Å². The zero-order valence-corrected chi connectivity index (χ0v) is 32.8. The zero-order valence-electron chi connectivity index (χ0n) is 32.0. The molecule has 0 spiro atoms. The van der Waals surface area contributed by atoms with Gasteiger partial charge in [-0.15, -0.1) is 0 Å². The standard InChI is InChI=1S/C37H50F3N5O8S/c1-22(2)29(20-23(3)30(46)43-54(52,53)28-18-16-26(17-19-28)21-41-32(48)37(38,39)40)45(10)33(49)35(6,7)24(4)42-31(47)36(8,25(5)44(9)34(50)51)27-14-12-11-13-15-27/h11-20,22,24-25,29H,21H2,1-10H3,(H,41,48)(H,42,47)(H,43,46)(H,50,51)/b23-20+/t24-,25?,29+,36-/m0/s1. The van der Waals surface area contributed by atoms with Crippen LogP contribution in [0.1, 0.15) is 66.5 Å². The number of sulfonamides is 1. The summed E-state index contributed by atoms with van der Waals surface area (Å²) in [7, 11) is -1.53. The minimum absolute atomic E-state index is 0.0299. The summed E-state index contributed by atoms with van der Waals surface area (Å²) in [5.74, 6) is -4.30. The Hall–Kier alpha value is -4.93. The molecule has 0 radical (unpaired) electrons. The van der Waals surface area contributed by atoms with Crippen molar-refractivity contribution >= 4 is 39.7 Å². The molecule has 13 nitrogen and oxygen atoms in total. The summed E-state index contributed by atoms with van der Waals surface area (Å²) in [6.45, 7) is 12.7. The summed E-state index contributed by atoms with van der Waals surface area (Å²) in [6, 6.07) is 11.0. The van der Waals surface area contributed by atoms with Crippen LogP contribution in [0.4, 0.5) is 18.0 Å². The van der Waals surface area contributed by atoms with Crippen LogP contribution in [0.25, 0.3) is 0 Å². The smallest absolute Gasteiger partial charge is 0.465 e. The normalized spacial score (nSPS) is 15.3. The van der Waals surface area contributed by atoms with Gasteiger partial charge in [0.1, 0.15) is 0 Å². The van der Waals surface area contributed by atoms with E-state index in [0.717, 1.165) is 17.0 Å². The molecule has 298 valence electrons. The summed E-state index contributed by atoms with van der Waals surface area (Å²) >= 11 is 0. The fraction of sp³-hybridized carbons (Fsp3) is 0.486. The lowest BCUT2D eigenvalue weighted by Crippen LogP contribution is -2.60. The number of likely N-dealkylation sites (N-methyl/N-ethyl adjacent to an activating group) is 2. The highest BCUT2D eigenvalue weighted by Gasteiger charge is 2.47. The maximum atomic E-state index is 14.1. The van der Waals surface area contributed by atoms with Crippen molar-refractivity contribution in [2.45, 2.75) is 96.5 Å². The number of carbonyl (C=O) groups is 5. The maximum Gasteiger partial charge on any atom is 0.471 e. The van der Waals surface area contributed by atoms with E-state index < -0.39 is 81.4 Å². The largest absolute Gasteiger partial charge is 0.471 e. The van der Waals surface area contributed by atoms with Crippen molar-refractivity contribution in [2.24, 2.45) is 11.3 Å². The lowest BCUT2D eigenvalue weighted by molar-refractivity contribution is -0.173. The lowest BCUT2D eigenvalue weighted by atomic mass is 9.74. The molecule has 2 aromatic rings. The number of carboxylic acid groups (broad SMARTS) is 1. The average Bonchev–Trinajstić information content (AvgIpc) is 3.10. The highest BCUT2D eigenvalue weighted by Crippen LogP contribution is 2.33. The van der Waals surface area contributed by atoms with Crippen molar-refractivity contribution in [3.63, 3.8) is 0 Å². The fourth-order valence-electron chi connectivity index (χ4n) is 5.62. The van der Waals surface area contributed by atoms with Gasteiger partial charge in [0.2, 0.25) is 11.8 Å². The Bertz CT molecular complexity index is 1830. The van der Waals surface area contributed by atoms with Gasteiger partial charge < -0.3 is 25.5 Å². The summed E-state index contributed by atoms with van der Waals surface area (Å²) < 4.78 is 65.3. The van der Waals surface area contributed by atoms with E-state index in [1.807, 2.05) is 4.72 Å². The monoisotopic (exact) mass is 781 g/mol. The maximum absolute atomic E-state index is 14.1. The van der Waals surface area contributed by atoms with E-state index in [9.17, 15) is 50.7 Å². The second-order valence-electron chi connectivity index (χ2n) is 14.3. The second-order valence-corrected chi connectivity index (χ2v) is 16.0. The molecule has 0 saturated carbocycles. The van der Waals surface area contributed by atoms with Crippen LogP contribution in [0.3, 0.4) is 0 Å². The Morgan fingerprint density at radius 1 is 0.852 bits per heavy atom. The predicted molar refractivity (Wildman–Crippen MR) is 195 cm³/mol. The van der Waals surface area contributed by atoms with E-state index in [-0.39, 0.29) is 21.9 Å². The second kappa shape index (κ2) is 17.5. The summed E-state index contributed by atoms with van der Waals surface area (Å²) in [4.78, 5) is 66.3. The van der Waals surface area contributed by atoms with Gasteiger partial charge in [0.05, 0.1) is 27.8 Å². The summed E-state index contributed by atoms with van der Waals surface area (Å²) in [5.41, 5.74) is -1.85. The van der Waals surface area contributed by atoms with Crippen LogP contribution in [0.2, 0.25) is 0 Å². The predicted octanol–water partition coefficient (Wildman–Crippen LogP) is 4.59. The van der Waals surface area contributed by atoms with Gasteiger partial charge in [-0.25, -0.2) is 17.9 Å². The quantitative estimate of drug-likeness (QED) is 0.189. The van der Waals surface area contributed by atoms with E-state index in [0.29, 0.717) is 5.56 Å². The molecule has 1 unspecified atom stereocenters. The Morgan fingerprint density at radius 3 is 1.87 bits per heavy atom. The SMILES string of the molecule is C/C(=C\[C@H](C(C)C)N(C)C(=O)C(C)(C)[C@H](C)NC(=O)[C@](C)(c1ccccc1)C(C)N(C)C(=O)O)C(=O)NS(=O)(=O)c1ccc(CNC(=O)C(F)(F)F)cc1. The number of halogens is 3. The Balaban J connectivity index is 2.26. The van der Waals surface area contributed by atoms with Crippen LogP contribution >= 0.6 is 0 Å². The number of amides is 5. The topological polar surface area (TPSA) is 182 Å². The zero-order chi connectivity index (χ0) is 41.6. The molecule has 2 rings (SSSR count). The van der Waals surface area contributed by atoms with Crippen LogP contribution in [0.15, 0.2) is 71.1 Å². The number of carbonyl (C=O) groups excluding carboxylic acids is 4. The highest BCUT2D eigenvalue weighted by molar-refractivity contribution is 7.90. The van der Waals surface area contributed by atoms with E-state index in [1.54, 1.807) is 84.1 Å². The Morgan fingerprint density at radius 2 is 1.39 bits per heavy atom. The number of hydrogen-bond acceptors (Lipinski definition) is 7. The molecular formula is C37H50F3N5O8S. The number of benzene rings is 2. The molecule has 54 heavy (non-hydrogen) atoms. The van der Waals surface area contributed by atoms with Gasteiger partial charge in [0, 0.05) is 32.3 Å². The number of nitrogens with zero attached hydrogens (tertiary/aromatic N) is 2. The van der Waals surface area contributed by atoms with Crippen LogP contribution < -0.4 is 15.4 Å². The van der Waals surface area contributed by atoms with Crippen molar-refractivity contribution in [3.8, 4) is 0 Å². The third-order valence-corrected chi connectivity index (χ3v) is 11.3. The minimum Gasteiger partial charge on any atom is -0.465 e. The van der Waals surface area contributed by atoms with Crippen LogP contribution in [-0.4, -0.2) is 91.4 Å². The molecule has 4 atom stereocenters. The van der Waals surface area contributed by atoms with E-state index in [1.165, 1.54) is 44.1 Å². The van der Waals surface area contributed by atoms with Crippen molar-refractivity contribution in [1.82, 2.24) is 25.2 Å². The first kappa shape index (κ1) is 45.2. The van der Waals surface area contributed by atoms with Gasteiger partial charge in [-0.1, -0.05) is 62.4 Å². The van der Waals surface area contributed by atoms with Gasteiger partial charge in [0.15, 0.2) is 0 Å². The molecule has 17 heteroatoms. The van der Waals surface area contributed by atoms with E-state index >= 15 is 0 Å². The van der Waals surface area contributed by atoms with Crippen molar-refractivity contribution in [3.05, 3.63) is 77.4 Å². The van der Waals surface area contributed by atoms with Gasteiger partial charge in [-0.2, -0.15) is 13.2 Å². The molecule has 0 fully saturated rings.